The fraction of sp³-hybridized carbons (Fsp3) is 0.0870. The standard InChI is InChI=1S/C23H20N4OS/c1-16-24-22(27-26-16)18-11-8-12-19(15-18)25-23(28)21(17-9-4-2-5-10-17)29-20-13-6-3-7-14-20/h2-15,21H,1H3,(H,25,28)(H,24,26,27)/t21-/m1/s1. The molecule has 0 aliphatic rings. The maximum Gasteiger partial charge on any atom is 0.242 e. The third-order valence-electron chi connectivity index (χ3n) is 4.32. The van der Waals surface area contributed by atoms with Crippen molar-refractivity contribution >= 4 is 23.4 Å². The summed E-state index contributed by atoms with van der Waals surface area (Å²) in [4.78, 5) is 18.6. The van der Waals surface area contributed by atoms with E-state index in [0.29, 0.717) is 11.5 Å². The van der Waals surface area contributed by atoms with Gasteiger partial charge in [0, 0.05) is 16.1 Å². The molecule has 1 atom stereocenters. The number of anilines is 1. The molecule has 0 saturated carbocycles. The van der Waals surface area contributed by atoms with Crippen LogP contribution in [-0.4, -0.2) is 21.1 Å². The first kappa shape index (κ1) is 19.0. The Bertz CT molecular complexity index is 1100. The summed E-state index contributed by atoms with van der Waals surface area (Å²) in [6.45, 7) is 1.85. The van der Waals surface area contributed by atoms with Crippen LogP contribution in [0.1, 0.15) is 16.6 Å². The Balaban J connectivity index is 1.58. The van der Waals surface area contributed by atoms with Gasteiger partial charge >= 0.3 is 0 Å². The lowest BCUT2D eigenvalue weighted by atomic mass is 10.1. The summed E-state index contributed by atoms with van der Waals surface area (Å²) in [7, 11) is 0. The van der Waals surface area contributed by atoms with E-state index in [1.165, 1.54) is 11.8 Å². The Morgan fingerprint density at radius 1 is 0.966 bits per heavy atom. The van der Waals surface area contributed by atoms with Crippen LogP contribution in [0.5, 0.6) is 0 Å². The van der Waals surface area contributed by atoms with Crippen molar-refractivity contribution in [2.75, 3.05) is 5.32 Å². The number of rotatable bonds is 6. The smallest absolute Gasteiger partial charge is 0.242 e. The molecule has 5 nitrogen and oxygen atoms in total. The second kappa shape index (κ2) is 8.75. The molecule has 1 amide bonds. The molecule has 1 heterocycles. The second-order valence-electron chi connectivity index (χ2n) is 6.54. The van der Waals surface area contributed by atoms with Crippen LogP contribution in [0, 0.1) is 6.92 Å². The van der Waals surface area contributed by atoms with Crippen LogP contribution in [0.2, 0.25) is 0 Å². The molecule has 4 aromatic rings. The van der Waals surface area contributed by atoms with Gasteiger partial charge < -0.3 is 5.32 Å². The second-order valence-corrected chi connectivity index (χ2v) is 7.71. The molecule has 0 aliphatic heterocycles. The van der Waals surface area contributed by atoms with E-state index in [1.807, 2.05) is 91.9 Å². The van der Waals surface area contributed by atoms with E-state index in [0.717, 1.165) is 21.8 Å². The number of benzene rings is 3. The number of hydrogen-bond donors (Lipinski definition) is 2. The molecule has 0 unspecified atom stereocenters. The molecule has 0 aliphatic carbocycles. The molecule has 2 N–H and O–H groups in total. The first-order valence-corrected chi connectivity index (χ1v) is 10.1. The van der Waals surface area contributed by atoms with Gasteiger partial charge in [-0.3, -0.25) is 9.89 Å². The van der Waals surface area contributed by atoms with E-state index in [4.69, 9.17) is 0 Å². The quantitative estimate of drug-likeness (QED) is 0.434. The Hall–Kier alpha value is -3.38. The molecular formula is C23H20N4OS. The number of aromatic amines is 1. The zero-order valence-corrected chi connectivity index (χ0v) is 16.7. The average molecular weight is 401 g/mol. The lowest BCUT2D eigenvalue weighted by Gasteiger charge is -2.17. The van der Waals surface area contributed by atoms with Gasteiger partial charge in [0.1, 0.15) is 11.1 Å². The number of aromatic nitrogens is 3. The molecule has 6 heteroatoms. The van der Waals surface area contributed by atoms with Crippen LogP contribution >= 0.6 is 11.8 Å². The van der Waals surface area contributed by atoms with Crippen LogP contribution < -0.4 is 5.32 Å². The van der Waals surface area contributed by atoms with Gasteiger partial charge in [0.15, 0.2) is 5.82 Å². The van der Waals surface area contributed by atoms with E-state index in [2.05, 4.69) is 20.5 Å². The average Bonchev–Trinajstić information content (AvgIpc) is 3.20. The molecule has 29 heavy (non-hydrogen) atoms. The SMILES string of the molecule is Cc1nc(-c2cccc(NC(=O)[C@H](Sc3ccccc3)c3ccccc3)c2)n[nH]1. The zero-order chi connectivity index (χ0) is 20.1. The molecule has 0 radical (unpaired) electrons. The van der Waals surface area contributed by atoms with E-state index in [-0.39, 0.29) is 11.2 Å². The number of aryl methyl sites for hydroxylation is 1. The van der Waals surface area contributed by atoms with Gasteiger partial charge in [0.05, 0.1) is 0 Å². The van der Waals surface area contributed by atoms with Crippen molar-refractivity contribution in [3.63, 3.8) is 0 Å². The van der Waals surface area contributed by atoms with Gasteiger partial charge in [-0.1, -0.05) is 60.7 Å². The van der Waals surface area contributed by atoms with Crippen molar-refractivity contribution in [2.24, 2.45) is 0 Å². The van der Waals surface area contributed by atoms with Gasteiger partial charge in [-0.15, -0.1) is 11.8 Å². The Kier molecular flexibility index (Phi) is 5.72. The topological polar surface area (TPSA) is 70.7 Å². The molecule has 0 bridgehead atoms. The van der Waals surface area contributed by atoms with Gasteiger partial charge in [0.2, 0.25) is 5.91 Å². The summed E-state index contributed by atoms with van der Waals surface area (Å²) in [5, 5.41) is 9.72. The number of carbonyl (C=O) groups excluding carboxylic acids is 1. The maximum absolute atomic E-state index is 13.2. The monoisotopic (exact) mass is 400 g/mol. The number of H-pyrrole nitrogens is 1. The fourth-order valence-electron chi connectivity index (χ4n) is 2.95. The lowest BCUT2D eigenvalue weighted by molar-refractivity contribution is -0.115. The fourth-order valence-corrected chi connectivity index (χ4v) is 4.00. The number of thioether (sulfide) groups is 1. The third kappa shape index (κ3) is 4.73. The predicted octanol–water partition coefficient (Wildman–Crippen LogP) is 5.25. The predicted molar refractivity (Wildman–Crippen MR) is 117 cm³/mol. The Morgan fingerprint density at radius 3 is 2.38 bits per heavy atom. The summed E-state index contributed by atoms with van der Waals surface area (Å²) >= 11 is 1.53. The highest BCUT2D eigenvalue weighted by Crippen LogP contribution is 2.36. The Morgan fingerprint density at radius 2 is 1.69 bits per heavy atom. The van der Waals surface area contributed by atoms with Gasteiger partial charge in [-0.25, -0.2) is 4.98 Å². The summed E-state index contributed by atoms with van der Waals surface area (Å²) in [5.74, 6) is 1.28. The van der Waals surface area contributed by atoms with Crippen molar-refractivity contribution in [2.45, 2.75) is 17.1 Å². The van der Waals surface area contributed by atoms with E-state index >= 15 is 0 Å². The van der Waals surface area contributed by atoms with Crippen LogP contribution in [0.15, 0.2) is 89.8 Å². The van der Waals surface area contributed by atoms with Crippen molar-refractivity contribution in [1.29, 1.82) is 0 Å². The Labute approximate surface area is 173 Å². The summed E-state index contributed by atoms with van der Waals surface area (Å²) < 4.78 is 0. The maximum atomic E-state index is 13.2. The van der Waals surface area contributed by atoms with Crippen LogP contribution in [0.25, 0.3) is 11.4 Å². The van der Waals surface area contributed by atoms with Crippen molar-refractivity contribution in [1.82, 2.24) is 15.2 Å². The molecule has 3 aromatic carbocycles. The highest BCUT2D eigenvalue weighted by atomic mass is 32.2. The molecule has 0 saturated heterocycles. The van der Waals surface area contributed by atoms with Crippen molar-refractivity contribution in [3.8, 4) is 11.4 Å². The number of nitrogens with zero attached hydrogens (tertiary/aromatic N) is 2. The minimum absolute atomic E-state index is 0.0756. The third-order valence-corrected chi connectivity index (χ3v) is 5.59. The van der Waals surface area contributed by atoms with Gasteiger partial charge in [-0.2, -0.15) is 5.10 Å². The molecule has 1 aromatic heterocycles. The summed E-state index contributed by atoms with van der Waals surface area (Å²) in [6.07, 6.45) is 0. The largest absolute Gasteiger partial charge is 0.325 e. The van der Waals surface area contributed by atoms with Crippen molar-refractivity contribution < 1.29 is 4.79 Å². The number of carbonyl (C=O) groups is 1. The molecule has 144 valence electrons. The van der Waals surface area contributed by atoms with Gasteiger partial charge in [0.25, 0.3) is 0 Å². The normalized spacial score (nSPS) is 11.8. The van der Waals surface area contributed by atoms with Crippen LogP contribution in [0.4, 0.5) is 5.69 Å². The summed E-state index contributed by atoms with van der Waals surface area (Å²) in [5.41, 5.74) is 2.52. The van der Waals surface area contributed by atoms with Crippen LogP contribution in [0.3, 0.4) is 0 Å². The summed E-state index contributed by atoms with van der Waals surface area (Å²) in [6, 6.07) is 27.3. The van der Waals surface area contributed by atoms with E-state index in [9.17, 15) is 4.79 Å². The first-order valence-electron chi connectivity index (χ1n) is 9.26. The number of hydrogen-bond acceptors (Lipinski definition) is 4. The number of amides is 1. The lowest BCUT2D eigenvalue weighted by Crippen LogP contribution is -2.19. The van der Waals surface area contributed by atoms with Gasteiger partial charge in [-0.05, 0) is 36.8 Å². The minimum atomic E-state index is -0.368. The number of nitrogens with one attached hydrogen (secondary N) is 2. The highest BCUT2D eigenvalue weighted by molar-refractivity contribution is 8.00. The van der Waals surface area contributed by atoms with E-state index < -0.39 is 0 Å². The zero-order valence-electron chi connectivity index (χ0n) is 15.9. The molecule has 0 fully saturated rings. The van der Waals surface area contributed by atoms with Crippen molar-refractivity contribution in [3.05, 3.63) is 96.3 Å². The first-order chi connectivity index (χ1) is 14.2. The molecule has 0 spiro atoms. The highest BCUT2D eigenvalue weighted by Gasteiger charge is 2.22. The molecular weight excluding hydrogens is 380 g/mol. The molecule has 4 rings (SSSR count). The van der Waals surface area contributed by atoms with Crippen LogP contribution in [-0.2, 0) is 4.79 Å². The minimum Gasteiger partial charge on any atom is -0.325 e. The van der Waals surface area contributed by atoms with E-state index in [1.54, 1.807) is 0 Å².